The maximum Gasteiger partial charge on any atom is 0.265 e. The van der Waals surface area contributed by atoms with E-state index in [0.29, 0.717) is 29.4 Å². The number of piperidine rings is 1. The molecule has 2 nitrogen and oxygen atoms in total. The van der Waals surface area contributed by atoms with Gasteiger partial charge in [0.05, 0.1) is 17.9 Å². The summed E-state index contributed by atoms with van der Waals surface area (Å²) in [4.78, 5) is 1.62. The van der Waals surface area contributed by atoms with E-state index in [9.17, 15) is 8.78 Å². The highest BCUT2D eigenvalue weighted by Gasteiger charge is 2.35. The minimum Gasteiger partial charge on any atom is -0.397 e. The van der Waals surface area contributed by atoms with Gasteiger partial charge in [-0.3, -0.25) is 0 Å². The Hall–Kier alpha value is -1.03. The predicted molar refractivity (Wildman–Crippen MR) is 62.3 cm³/mol. The van der Waals surface area contributed by atoms with Crippen LogP contribution in [0.2, 0.25) is 5.02 Å². The smallest absolute Gasteiger partial charge is 0.265 e. The van der Waals surface area contributed by atoms with Gasteiger partial charge in [0.25, 0.3) is 5.92 Å². The Balaban J connectivity index is 2.23. The minimum absolute atomic E-state index is 0.0446. The van der Waals surface area contributed by atoms with E-state index in [0.717, 1.165) is 0 Å². The maximum atomic E-state index is 13.2. The van der Waals surface area contributed by atoms with Gasteiger partial charge in [0, 0.05) is 18.0 Å². The first-order valence-electron chi connectivity index (χ1n) is 5.16. The third-order valence-electron chi connectivity index (χ3n) is 2.72. The van der Waals surface area contributed by atoms with E-state index in [1.165, 1.54) is 0 Å². The molecule has 0 saturated carbocycles. The zero-order valence-corrected chi connectivity index (χ0v) is 9.47. The Labute approximate surface area is 98.0 Å². The molecule has 1 saturated heterocycles. The van der Waals surface area contributed by atoms with Crippen LogP contribution in [0, 0.1) is 0 Å². The summed E-state index contributed by atoms with van der Waals surface area (Å²) in [5.41, 5.74) is 6.86. The quantitative estimate of drug-likeness (QED) is 0.772. The molecular weight excluding hydrogens is 234 g/mol. The van der Waals surface area contributed by atoms with Crippen molar-refractivity contribution in [2.24, 2.45) is 0 Å². The maximum absolute atomic E-state index is 13.2. The van der Waals surface area contributed by atoms with E-state index in [1.807, 2.05) is 0 Å². The van der Waals surface area contributed by atoms with Gasteiger partial charge in [-0.15, -0.1) is 0 Å². The summed E-state index contributed by atoms with van der Waals surface area (Å²) in [5, 5.41) is 0.519. The highest BCUT2D eigenvalue weighted by atomic mass is 35.5. The van der Waals surface area contributed by atoms with Gasteiger partial charge in [0.15, 0.2) is 0 Å². The highest BCUT2D eigenvalue weighted by Crippen LogP contribution is 2.33. The van der Waals surface area contributed by atoms with Crippen LogP contribution in [-0.2, 0) is 0 Å². The molecule has 0 spiro atoms. The first kappa shape index (κ1) is 11.5. The zero-order valence-electron chi connectivity index (χ0n) is 8.72. The molecule has 0 amide bonds. The lowest BCUT2D eigenvalue weighted by atomic mass is 10.1. The van der Waals surface area contributed by atoms with Gasteiger partial charge in [-0.1, -0.05) is 11.6 Å². The number of rotatable bonds is 1. The van der Waals surface area contributed by atoms with Crippen molar-refractivity contribution >= 4 is 23.0 Å². The monoisotopic (exact) mass is 246 g/mol. The summed E-state index contributed by atoms with van der Waals surface area (Å²) in [6.07, 6.45) is 0.437. The number of hydrogen-bond donors (Lipinski definition) is 1. The highest BCUT2D eigenvalue weighted by molar-refractivity contribution is 6.31. The lowest BCUT2D eigenvalue weighted by molar-refractivity contribution is -0.0116. The van der Waals surface area contributed by atoms with Crippen LogP contribution in [0.4, 0.5) is 20.2 Å². The van der Waals surface area contributed by atoms with E-state index < -0.39 is 5.92 Å². The Morgan fingerprint density at radius 3 is 2.75 bits per heavy atom. The first-order valence-corrected chi connectivity index (χ1v) is 5.53. The molecule has 0 bridgehead atoms. The predicted octanol–water partition coefficient (Wildman–Crippen LogP) is 3.16. The molecule has 1 aromatic rings. The van der Waals surface area contributed by atoms with Gasteiger partial charge in [0.2, 0.25) is 0 Å². The van der Waals surface area contributed by atoms with Gasteiger partial charge >= 0.3 is 0 Å². The van der Waals surface area contributed by atoms with E-state index in [4.69, 9.17) is 17.3 Å². The second-order valence-electron chi connectivity index (χ2n) is 4.08. The molecule has 88 valence electrons. The largest absolute Gasteiger partial charge is 0.397 e. The van der Waals surface area contributed by atoms with Crippen LogP contribution >= 0.6 is 11.6 Å². The molecule has 0 unspecified atom stereocenters. The molecule has 16 heavy (non-hydrogen) atoms. The third-order valence-corrected chi connectivity index (χ3v) is 2.96. The molecular formula is C11H13ClF2N2. The lowest BCUT2D eigenvalue weighted by Crippen LogP contribution is -2.42. The van der Waals surface area contributed by atoms with Gasteiger partial charge < -0.3 is 10.6 Å². The van der Waals surface area contributed by atoms with Crippen molar-refractivity contribution in [3.63, 3.8) is 0 Å². The fourth-order valence-corrected chi connectivity index (χ4v) is 2.17. The van der Waals surface area contributed by atoms with Crippen LogP contribution in [0.15, 0.2) is 18.2 Å². The number of alkyl halides is 2. The molecule has 5 heteroatoms. The fourth-order valence-electron chi connectivity index (χ4n) is 1.98. The van der Waals surface area contributed by atoms with Crippen LogP contribution in [-0.4, -0.2) is 19.0 Å². The Bertz CT molecular complexity index is 396. The molecule has 0 aliphatic carbocycles. The Morgan fingerprint density at radius 1 is 1.38 bits per heavy atom. The number of hydrogen-bond acceptors (Lipinski definition) is 2. The van der Waals surface area contributed by atoms with Crippen molar-refractivity contribution in [1.29, 1.82) is 0 Å². The standard InChI is InChI=1S/C11H13ClF2N2/c12-8-2-3-10(9(15)6-8)16-5-1-4-11(13,14)7-16/h2-3,6H,1,4-5,7,15H2. The number of benzene rings is 1. The van der Waals surface area contributed by atoms with Crippen molar-refractivity contribution in [1.82, 2.24) is 0 Å². The minimum atomic E-state index is -2.62. The molecule has 1 heterocycles. The van der Waals surface area contributed by atoms with Crippen LogP contribution in [0.5, 0.6) is 0 Å². The number of anilines is 2. The molecule has 0 atom stereocenters. The fraction of sp³-hybridized carbons (Fsp3) is 0.455. The van der Waals surface area contributed by atoms with E-state index in [2.05, 4.69) is 0 Å². The van der Waals surface area contributed by atoms with E-state index >= 15 is 0 Å². The SMILES string of the molecule is Nc1cc(Cl)ccc1N1CCCC(F)(F)C1. The normalized spacial score (nSPS) is 19.8. The summed E-state index contributed by atoms with van der Waals surface area (Å²) < 4.78 is 26.5. The molecule has 1 aromatic carbocycles. The summed E-state index contributed by atoms with van der Waals surface area (Å²) in [5.74, 6) is -2.62. The van der Waals surface area contributed by atoms with Crippen molar-refractivity contribution in [3.05, 3.63) is 23.2 Å². The number of nitrogens with zero attached hydrogens (tertiary/aromatic N) is 1. The number of nitrogens with two attached hydrogens (primary N) is 1. The molecule has 0 radical (unpaired) electrons. The van der Waals surface area contributed by atoms with Crippen LogP contribution in [0.1, 0.15) is 12.8 Å². The second-order valence-corrected chi connectivity index (χ2v) is 4.52. The number of nitrogen functional groups attached to an aromatic ring is 1. The topological polar surface area (TPSA) is 29.3 Å². The molecule has 1 fully saturated rings. The summed E-state index contributed by atoms with van der Waals surface area (Å²) >= 11 is 5.77. The Kier molecular flexibility index (Phi) is 2.93. The first-order chi connectivity index (χ1) is 7.48. The molecule has 2 N–H and O–H groups in total. The van der Waals surface area contributed by atoms with Gasteiger partial charge in [-0.05, 0) is 24.6 Å². The van der Waals surface area contributed by atoms with Crippen LogP contribution in [0.25, 0.3) is 0 Å². The van der Waals surface area contributed by atoms with Gasteiger partial charge in [0.1, 0.15) is 0 Å². The van der Waals surface area contributed by atoms with E-state index in [-0.39, 0.29) is 13.0 Å². The number of halogens is 3. The van der Waals surface area contributed by atoms with Crippen molar-refractivity contribution in [2.45, 2.75) is 18.8 Å². The van der Waals surface area contributed by atoms with Crippen molar-refractivity contribution in [3.8, 4) is 0 Å². The molecule has 0 aromatic heterocycles. The average Bonchev–Trinajstić information content (AvgIpc) is 2.15. The Morgan fingerprint density at radius 2 is 2.12 bits per heavy atom. The second kappa shape index (κ2) is 4.09. The average molecular weight is 247 g/mol. The van der Waals surface area contributed by atoms with Gasteiger partial charge in [-0.25, -0.2) is 8.78 Å². The van der Waals surface area contributed by atoms with Crippen molar-refractivity contribution < 1.29 is 8.78 Å². The molecule has 1 aliphatic heterocycles. The van der Waals surface area contributed by atoms with Crippen LogP contribution < -0.4 is 10.6 Å². The third kappa shape index (κ3) is 2.38. The molecule has 2 rings (SSSR count). The summed E-state index contributed by atoms with van der Waals surface area (Å²) in [7, 11) is 0. The van der Waals surface area contributed by atoms with Gasteiger partial charge in [-0.2, -0.15) is 0 Å². The van der Waals surface area contributed by atoms with Crippen LogP contribution in [0.3, 0.4) is 0 Å². The summed E-state index contributed by atoms with van der Waals surface area (Å²) in [6, 6.07) is 4.95. The summed E-state index contributed by atoms with van der Waals surface area (Å²) in [6.45, 7) is 0.347. The van der Waals surface area contributed by atoms with Crippen molar-refractivity contribution in [2.75, 3.05) is 23.7 Å². The zero-order chi connectivity index (χ0) is 11.8. The van der Waals surface area contributed by atoms with E-state index in [1.54, 1.807) is 23.1 Å². The molecule has 1 aliphatic rings. The lowest BCUT2D eigenvalue weighted by Gasteiger charge is -2.34.